The van der Waals surface area contributed by atoms with Gasteiger partial charge >= 0.3 is 6.09 Å². The molecule has 13 heavy (non-hydrogen) atoms. The zero-order valence-electron chi connectivity index (χ0n) is 7.98. The zero-order valence-corrected chi connectivity index (χ0v) is 7.98. The van der Waals surface area contributed by atoms with Gasteiger partial charge < -0.3 is 20.7 Å². The largest absolute Gasteiger partial charge is 0.465 e. The van der Waals surface area contributed by atoms with Gasteiger partial charge in [-0.1, -0.05) is 13.8 Å². The van der Waals surface area contributed by atoms with E-state index in [1.807, 2.05) is 5.32 Å². The van der Waals surface area contributed by atoms with E-state index in [1.165, 1.54) is 13.3 Å². The summed E-state index contributed by atoms with van der Waals surface area (Å²) in [6.45, 7) is 3.54. The highest BCUT2D eigenvalue weighted by Crippen LogP contribution is 2.08. The fraction of sp³-hybridized carbons (Fsp3) is 0.714. The fourth-order valence-electron chi connectivity index (χ4n) is 0.197. The highest BCUT2D eigenvalue weighted by molar-refractivity contribution is 5.64. The van der Waals surface area contributed by atoms with Gasteiger partial charge in [0.1, 0.15) is 0 Å². The third-order valence-corrected chi connectivity index (χ3v) is 1.03. The van der Waals surface area contributed by atoms with Crippen molar-refractivity contribution < 1.29 is 20.2 Å². The maximum atomic E-state index is 9.26. The van der Waals surface area contributed by atoms with Gasteiger partial charge in [-0.2, -0.15) is 0 Å². The first-order chi connectivity index (χ1) is 5.89. The molecule has 0 aliphatic heterocycles. The molecule has 0 aromatic heterocycles. The van der Waals surface area contributed by atoms with Crippen molar-refractivity contribution in [3.05, 3.63) is 0 Å². The van der Waals surface area contributed by atoms with Crippen molar-refractivity contribution in [2.45, 2.75) is 13.8 Å². The molecule has 6 nitrogen and oxygen atoms in total. The second kappa shape index (κ2) is 7.35. The average molecular weight is 192 g/mol. The van der Waals surface area contributed by atoms with E-state index in [1.54, 1.807) is 13.8 Å². The lowest BCUT2D eigenvalue weighted by molar-refractivity contribution is 0.197. The summed E-state index contributed by atoms with van der Waals surface area (Å²) in [5.41, 5.74) is -0.394. The number of carboxylic acid groups (broad SMARTS) is 1. The van der Waals surface area contributed by atoms with Gasteiger partial charge in [-0.05, 0) is 0 Å². The van der Waals surface area contributed by atoms with Crippen molar-refractivity contribution >= 4 is 12.3 Å². The van der Waals surface area contributed by atoms with Crippen LogP contribution >= 0.6 is 0 Å². The lowest BCUT2D eigenvalue weighted by Gasteiger charge is -2.12. The van der Waals surface area contributed by atoms with Crippen LogP contribution in [0.1, 0.15) is 13.8 Å². The molecule has 0 rings (SSSR count). The van der Waals surface area contributed by atoms with Crippen LogP contribution in [0.15, 0.2) is 5.16 Å². The molecular formula is C7H16N2O4. The van der Waals surface area contributed by atoms with Crippen LogP contribution in [-0.4, -0.2) is 41.4 Å². The minimum atomic E-state index is -0.995. The quantitative estimate of drug-likeness (QED) is 0.288. The molecule has 0 unspecified atom stereocenters. The molecule has 4 N–H and O–H groups in total. The standard InChI is InChI=1S/C5H11NO2.C2H5NO2/c1-5(2,4-7)3-6-8;1-3-2(4)5/h3,7-8H,4H2,1-2H3;3H,1H3,(H,4,5). The first-order valence-corrected chi connectivity index (χ1v) is 3.59. The summed E-state index contributed by atoms with van der Waals surface area (Å²) in [4.78, 5) is 9.26. The Labute approximate surface area is 76.9 Å². The Balaban J connectivity index is 0. The predicted molar refractivity (Wildman–Crippen MR) is 48.2 cm³/mol. The lowest BCUT2D eigenvalue weighted by atomic mass is 9.97. The minimum Gasteiger partial charge on any atom is -0.465 e. The molecule has 0 aromatic carbocycles. The van der Waals surface area contributed by atoms with Crippen LogP contribution < -0.4 is 5.32 Å². The number of nitrogens with zero attached hydrogens (tertiary/aromatic N) is 1. The van der Waals surface area contributed by atoms with Crippen molar-refractivity contribution in [2.24, 2.45) is 10.6 Å². The van der Waals surface area contributed by atoms with Crippen LogP contribution in [0, 0.1) is 5.41 Å². The van der Waals surface area contributed by atoms with Crippen LogP contribution in [0.4, 0.5) is 4.79 Å². The topological polar surface area (TPSA) is 102 Å². The van der Waals surface area contributed by atoms with E-state index in [-0.39, 0.29) is 6.61 Å². The molecule has 0 saturated heterocycles. The molecule has 0 spiro atoms. The summed E-state index contributed by atoms with van der Waals surface area (Å²) in [5, 5.41) is 28.9. The molecule has 0 bridgehead atoms. The first kappa shape index (κ1) is 14.2. The molecular weight excluding hydrogens is 176 g/mol. The number of hydrogen-bond donors (Lipinski definition) is 4. The smallest absolute Gasteiger partial charge is 0.404 e. The molecule has 0 fully saturated rings. The lowest BCUT2D eigenvalue weighted by Crippen LogP contribution is -2.17. The predicted octanol–water partition coefficient (Wildman–Crippen LogP) is 0.349. The SMILES string of the molecule is CC(C)(C=NO)CO.CNC(=O)O. The van der Waals surface area contributed by atoms with Crippen molar-refractivity contribution in [1.82, 2.24) is 5.32 Å². The van der Waals surface area contributed by atoms with E-state index in [2.05, 4.69) is 5.16 Å². The van der Waals surface area contributed by atoms with E-state index in [0.29, 0.717) is 0 Å². The average Bonchev–Trinajstić information content (AvgIpc) is 2.05. The van der Waals surface area contributed by atoms with E-state index in [4.69, 9.17) is 15.4 Å². The van der Waals surface area contributed by atoms with E-state index in [9.17, 15) is 4.79 Å². The number of rotatable bonds is 2. The van der Waals surface area contributed by atoms with Crippen molar-refractivity contribution in [2.75, 3.05) is 13.7 Å². The fourth-order valence-corrected chi connectivity index (χ4v) is 0.197. The van der Waals surface area contributed by atoms with E-state index in [0.717, 1.165) is 0 Å². The maximum Gasteiger partial charge on any atom is 0.404 e. The summed E-state index contributed by atoms with van der Waals surface area (Å²) in [6, 6.07) is 0. The molecule has 0 saturated carbocycles. The van der Waals surface area contributed by atoms with Gasteiger partial charge in [0.2, 0.25) is 0 Å². The minimum absolute atomic E-state index is 0.00292. The molecule has 0 heterocycles. The Morgan fingerprint density at radius 2 is 2.00 bits per heavy atom. The third-order valence-electron chi connectivity index (χ3n) is 1.03. The van der Waals surface area contributed by atoms with Gasteiger partial charge in [0.25, 0.3) is 0 Å². The van der Waals surface area contributed by atoms with Crippen LogP contribution in [0.2, 0.25) is 0 Å². The summed E-state index contributed by atoms with van der Waals surface area (Å²) in [5.74, 6) is 0. The highest BCUT2D eigenvalue weighted by Gasteiger charge is 2.12. The van der Waals surface area contributed by atoms with E-state index >= 15 is 0 Å². The molecule has 78 valence electrons. The molecule has 0 aliphatic rings. The summed E-state index contributed by atoms with van der Waals surface area (Å²) in [7, 11) is 1.35. The number of nitrogens with one attached hydrogen (secondary N) is 1. The zero-order chi connectivity index (χ0) is 10.9. The second-order valence-corrected chi connectivity index (χ2v) is 2.95. The Morgan fingerprint density at radius 1 is 1.62 bits per heavy atom. The Hall–Kier alpha value is -1.30. The van der Waals surface area contributed by atoms with Gasteiger partial charge in [0.05, 0.1) is 12.8 Å². The van der Waals surface area contributed by atoms with Crippen molar-refractivity contribution in [1.29, 1.82) is 0 Å². The summed E-state index contributed by atoms with van der Waals surface area (Å²) < 4.78 is 0. The number of oxime groups is 1. The summed E-state index contributed by atoms with van der Waals surface area (Å²) in [6.07, 6.45) is 0.303. The Morgan fingerprint density at radius 3 is 2.08 bits per heavy atom. The number of aliphatic hydroxyl groups is 1. The Bertz CT molecular complexity index is 168. The number of carbonyl (C=O) groups is 1. The van der Waals surface area contributed by atoms with Gasteiger partial charge in [-0.15, -0.1) is 5.16 Å². The van der Waals surface area contributed by atoms with Crippen LogP contribution in [-0.2, 0) is 0 Å². The molecule has 0 aliphatic carbocycles. The number of hydrogen-bond acceptors (Lipinski definition) is 4. The Kier molecular flexibility index (Phi) is 8.05. The first-order valence-electron chi connectivity index (χ1n) is 3.59. The second-order valence-electron chi connectivity index (χ2n) is 2.95. The number of aliphatic hydroxyl groups excluding tert-OH is 1. The molecule has 0 radical (unpaired) electrons. The monoisotopic (exact) mass is 192 g/mol. The normalized spacial score (nSPS) is 10.5. The van der Waals surface area contributed by atoms with E-state index < -0.39 is 11.5 Å². The van der Waals surface area contributed by atoms with Gasteiger partial charge in [-0.25, -0.2) is 4.79 Å². The molecule has 1 amide bonds. The van der Waals surface area contributed by atoms with Gasteiger partial charge in [0, 0.05) is 12.5 Å². The number of amides is 1. The van der Waals surface area contributed by atoms with Crippen molar-refractivity contribution in [3.63, 3.8) is 0 Å². The van der Waals surface area contributed by atoms with Gasteiger partial charge in [0.15, 0.2) is 0 Å². The highest BCUT2D eigenvalue weighted by atomic mass is 16.4. The molecule has 0 atom stereocenters. The molecule has 6 heteroatoms. The maximum absolute atomic E-state index is 9.26. The third kappa shape index (κ3) is 13.7. The molecule has 0 aromatic rings. The summed E-state index contributed by atoms with van der Waals surface area (Å²) >= 11 is 0. The van der Waals surface area contributed by atoms with Crippen molar-refractivity contribution in [3.8, 4) is 0 Å². The van der Waals surface area contributed by atoms with Gasteiger partial charge in [-0.3, -0.25) is 0 Å². The van der Waals surface area contributed by atoms with Crippen LogP contribution in [0.25, 0.3) is 0 Å². The van der Waals surface area contributed by atoms with Crippen LogP contribution in [0.5, 0.6) is 0 Å². The van der Waals surface area contributed by atoms with Crippen LogP contribution in [0.3, 0.4) is 0 Å².